The second-order valence-electron chi connectivity index (χ2n) is 11.8. The molecular weight excluding hydrogens is 893 g/mol. The van der Waals surface area contributed by atoms with E-state index in [0.717, 1.165) is 30.3 Å². The number of halogens is 1. The number of nitrogens with one attached hydrogen (secondary N) is 1. The minimum atomic E-state index is -5.47. The monoisotopic (exact) mass is 912 g/mol. The number of aromatic carboxylic acids is 1. The minimum absolute atomic E-state index is 0. The van der Waals surface area contributed by atoms with Crippen molar-refractivity contribution in [2.75, 3.05) is 11.2 Å². The van der Waals surface area contributed by atoms with Gasteiger partial charge in [0.25, 0.3) is 15.8 Å². The van der Waals surface area contributed by atoms with E-state index in [2.05, 4.69) is 31.0 Å². The van der Waals surface area contributed by atoms with Crippen LogP contribution in [-0.2, 0) is 20.2 Å². The van der Waals surface area contributed by atoms with Gasteiger partial charge in [-0.25, -0.2) is 8.42 Å². The summed E-state index contributed by atoms with van der Waals surface area (Å²) in [5.74, 6) is -3.61. The molecule has 0 bridgehead atoms. The average molecular weight is 913 g/mol. The van der Waals surface area contributed by atoms with E-state index in [9.17, 15) is 55.9 Å². The second kappa shape index (κ2) is 20.8. The molecule has 0 amide bonds. The number of carbonyl (C=O) groups is 2. The Morgan fingerprint density at radius 3 is 2.00 bits per heavy atom. The Morgan fingerprint density at radius 2 is 1.46 bits per heavy atom. The number of ketones is 1. The normalized spacial score (nSPS) is 15.1. The molecule has 3 aliphatic carbocycles. The van der Waals surface area contributed by atoms with Crippen molar-refractivity contribution in [1.29, 1.82) is 0 Å². The minimum Gasteiger partial charge on any atom is -0.872 e. The SMILES string of the molecule is Nc1c(N=Nc2ccc([N+](=O)[O-])cc2Cl)c(S(=O)(=O)O)cc2c1C(=O)C(=NN=C1C=CC(=C3C=CC(=NNc4ccc([O-])c(C(=O)[O-])c4)C=C3)C=C1)C(S(=O)(=O)[O-])=C2.[Na+].[Na+].[Na+]. The number of anilines is 2. The third-order valence-electron chi connectivity index (χ3n) is 8.09. The van der Waals surface area contributed by atoms with E-state index in [4.69, 9.17) is 17.3 Å². The fourth-order valence-corrected chi connectivity index (χ4v) is 6.84. The molecule has 4 N–H and O–H groups in total. The fourth-order valence-electron chi connectivity index (χ4n) is 5.32. The summed E-state index contributed by atoms with van der Waals surface area (Å²) in [6, 6.07) is 7.19. The fraction of sp³-hybridized carbons (Fsp3) is 0. The summed E-state index contributed by atoms with van der Waals surface area (Å²) in [4.78, 5) is 33.0. The third kappa shape index (κ3) is 11.8. The predicted molar refractivity (Wildman–Crippen MR) is 205 cm³/mol. The molecule has 3 aromatic rings. The van der Waals surface area contributed by atoms with E-state index in [1.165, 1.54) is 18.2 Å². The third-order valence-corrected chi connectivity index (χ3v) is 10.1. The van der Waals surface area contributed by atoms with Crippen LogP contribution in [0, 0.1) is 10.1 Å². The van der Waals surface area contributed by atoms with Crippen molar-refractivity contribution < 1.29 is 139 Å². The number of nitro benzene ring substituents is 1. The molecule has 0 radical (unpaired) electrons. The first-order valence-electron chi connectivity index (χ1n) is 15.8. The Kier molecular flexibility index (Phi) is 17.4. The zero-order valence-corrected chi connectivity index (χ0v) is 40.0. The Bertz CT molecular complexity index is 2910. The van der Waals surface area contributed by atoms with Crippen molar-refractivity contribution in [2.45, 2.75) is 4.90 Å². The molecule has 0 aliphatic heterocycles. The molecule has 0 aromatic heterocycles. The van der Waals surface area contributed by atoms with Crippen molar-refractivity contribution in [3.63, 3.8) is 0 Å². The zero-order valence-electron chi connectivity index (χ0n) is 31.6. The standard InChI is InChI=1S/C35H23ClN8O12S2.3Na/c36-25-16-23(44(49)50)10-11-26(25)41-42-32-28(57(51,52)53)13-19-14-29(58(54,55)56)33(34(46)30(19)31(32)37)43-39-21-7-3-18(4-8-21)17-1-5-20(6-2-17)38-40-22-9-12-27(45)24(15-22)35(47)48;;;/h1-16,40,45H,37H2,(H,47,48)(H,51,52,53)(H,54,55,56);;;/q;3*+1/p-3. The zero-order chi connectivity index (χ0) is 42.1. The van der Waals surface area contributed by atoms with E-state index in [0.29, 0.717) is 29.0 Å². The number of carbonyl (C=O) groups excluding carboxylic acids is 2. The number of nitrogens with two attached hydrogens (primary N) is 1. The number of nitrogen functional groups attached to an aromatic ring is 1. The van der Waals surface area contributed by atoms with Gasteiger partial charge < -0.3 is 25.3 Å². The van der Waals surface area contributed by atoms with Gasteiger partial charge in [-0.05, 0) is 76.9 Å². The molecule has 61 heavy (non-hydrogen) atoms. The Morgan fingerprint density at radius 1 is 0.852 bits per heavy atom. The van der Waals surface area contributed by atoms with Crippen LogP contribution in [-0.4, -0.2) is 59.8 Å². The Hall–Kier alpha value is -4.24. The number of non-ortho nitro benzene ring substituents is 1. The number of nitrogens with zero attached hydrogens (tertiary/aromatic N) is 6. The molecule has 3 aromatic carbocycles. The van der Waals surface area contributed by atoms with Crippen LogP contribution >= 0.6 is 11.6 Å². The average Bonchev–Trinajstić information content (AvgIpc) is 3.16. The van der Waals surface area contributed by atoms with E-state index in [-0.39, 0.29) is 111 Å². The molecule has 6 rings (SSSR count). The van der Waals surface area contributed by atoms with Gasteiger partial charge in [-0.1, -0.05) is 47.7 Å². The second-order valence-corrected chi connectivity index (χ2v) is 15.0. The number of hydrogen-bond acceptors (Lipinski definition) is 18. The number of Topliss-reactive ketones (excluding diaryl/α,β-unsaturated/α-hetero) is 1. The van der Waals surface area contributed by atoms with Gasteiger partial charge in [-0.3, -0.25) is 24.9 Å². The van der Waals surface area contributed by atoms with E-state index >= 15 is 0 Å². The first-order chi connectivity index (χ1) is 27.3. The maximum atomic E-state index is 13.8. The predicted octanol–water partition coefficient (Wildman–Crippen LogP) is -5.16. The number of benzene rings is 3. The molecule has 3 aliphatic rings. The van der Waals surface area contributed by atoms with Crippen molar-refractivity contribution in [3.05, 3.63) is 139 Å². The first-order valence-corrected chi connectivity index (χ1v) is 19.0. The summed E-state index contributed by atoms with van der Waals surface area (Å²) in [6.45, 7) is 0. The van der Waals surface area contributed by atoms with Gasteiger partial charge in [0.2, 0.25) is 5.78 Å². The van der Waals surface area contributed by atoms with E-state index in [1.54, 1.807) is 36.5 Å². The number of allylic oxidation sites excluding steroid dienone is 11. The molecule has 0 unspecified atom stereocenters. The molecule has 0 saturated carbocycles. The van der Waals surface area contributed by atoms with Crippen LogP contribution in [0.1, 0.15) is 26.3 Å². The van der Waals surface area contributed by atoms with Crippen LogP contribution in [0.25, 0.3) is 6.08 Å². The topological polar surface area (TPSA) is 335 Å². The summed E-state index contributed by atoms with van der Waals surface area (Å²) < 4.78 is 71.6. The first kappa shape index (κ1) is 51.1. The molecule has 26 heteroatoms. The van der Waals surface area contributed by atoms with Crippen LogP contribution in [0.3, 0.4) is 0 Å². The van der Waals surface area contributed by atoms with Gasteiger partial charge in [0, 0.05) is 12.1 Å². The van der Waals surface area contributed by atoms with Gasteiger partial charge in [0.1, 0.15) is 26.4 Å². The number of nitro groups is 1. The largest absolute Gasteiger partial charge is 1.00 e. The quantitative estimate of drug-likeness (QED) is 0.0452. The summed E-state index contributed by atoms with van der Waals surface area (Å²) in [7, 11) is -10.7. The van der Waals surface area contributed by atoms with Gasteiger partial charge in [0.05, 0.1) is 49.2 Å². The van der Waals surface area contributed by atoms with Crippen LogP contribution in [0.15, 0.2) is 138 Å². The summed E-state index contributed by atoms with van der Waals surface area (Å²) >= 11 is 6.04. The van der Waals surface area contributed by atoms with Gasteiger partial charge in [0.15, 0.2) is 5.71 Å². The summed E-state index contributed by atoms with van der Waals surface area (Å²) in [6.07, 6.45) is 13.5. The van der Waals surface area contributed by atoms with Crippen LogP contribution in [0.4, 0.5) is 28.4 Å². The van der Waals surface area contributed by atoms with Gasteiger partial charge in [-0.2, -0.15) is 18.6 Å². The summed E-state index contributed by atoms with van der Waals surface area (Å²) in [5, 5.41) is 52.8. The molecule has 0 fully saturated rings. The van der Waals surface area contributed by atoms with Crippen LogP contribution < -0.4 is 110 Å². The van der Waals surface area contributed by atoms with Crippen LogP contribution in [0.5, 0.6) is 5.75 Å². The van der Waals surface area contributed by atoms with Crippen molar-refractivity contribution in [2.24, 2.45) is 25.5 Å². The number of hydrazone groups is 1. The van der Waals surface area contributed by atoms with E-state index < -0.39 is 91.9 Å². The number of carboxylic acid groups (broad SMARTS) is 1. The van der Waals surface area contributed by atoms with Crippen molar-refractivity contribution in [3.8, 4) is 5.75 Å². The molecule has 294 valence electrons. The molecule has 0 atom stereocenters. The molecular formula is C35H20ClN8Na3O12S2. The number of rotatable bonds is 9. The number of fused-ring (bicyclic) bond motifs is 1. The van der Waals surface area contributed by atoms with Crippen molar-refractivity contribution >= 4 is 95.2 Å². The Labute approximate surface area is 416 Å². The van der Waals surface area contributed by atoms with Gasteiger partial charge >= 0.3 is 88.7 Å². The van der Waals surface area contributed by atoms with Crippen LogP contribution in [0.2, 0.25) is 5.02 Å². The summed E-state index contributed by atoms with van der Waals surface area (Å²) in [5.41, 5.74) is 6.29. The van der Waals surface area contributed by atoms with Crippen molar-refractivity contribution in [1.82, 2.24) is 0 Å². The number of carboxylic acids is 1. The van der Waals surface area contributed by atoms with E-state index in [1.807, 2.05) is 0 Å². The Balaban J connectivity index is 0.00000331. The molecule has 0 spiro atoms. The molecule has 0 heterocycles. The number of hydrogen-bond donors (Lipinski definition) is 3. The maximum absolute atomic E-state index is 13.8. The smallest absolute Gasteiger partial charge is 0.872 e. The molecule has 0 saturated heterocycles. The molecule has 20 nitrogen and oxygen atoms in total. The van der Waals surface area contributed by atoms with Gasteiger partial charge in [-0.15, -0.1) is 15.3 Å². The maximum Gasteiger partial charge on any atom is 1.00 e. The number of azo groups is 1.